The fourth-order valence-electron chi connectivity index (χ4n) is 3.13. The topological polar surface area (TPSA) is 56.5 Å². The molecule has 0 fully saturated rings. The normalized spacial score (nSPS) is 12.1. The Balaban J connectivity index is 1.52. The fraction of sp³-hybridized carbons (Fsp3) is 0.0952. The first-order chi connectivity index (χ1) is 14.1. The summed E-state index contributed by atoms with van der Waals surface area (Å²) in [4.78, 5) is 24.1. The van der Waals surface area contributed by atoms with Gasteiger partial charge in [-0.15, -0.1) is 22.7 Å². The molecule has 0 N–H and O–H groups in total. The van der Waals surface area contributed by atoms with Gasteiger partial charge in [-0.2, -0.15) is 4.99 Å². The minimum absolute atomic E-state index is 0.247. The average Bonchev–Trinajstić information content (AvgIpc) is 3.45. The molecule has 0 bridgehead atoms. The number of rotatable bonds is 3. The number of ether oxygens (including phenoxy) is 1. The maximum absolute atomic E-state index is 12.8. The molecule has 5 nitrogen and oxygen atoms in total. The zero-order valence-electron chi connectivity index (χ0n) is 15.6. The number of hydrogen-bond donors (Lipinski definition) is 0. The molecule has 29 heavy (non-hydrogen) atoms. The third-order valence-corrected chi connectivity index (χ3v) is 7.90. The second-order valence-electron chi connectivity index (χ2n) is 6.32. The van der Waals surface area contributed by atoms with Gasteiger partial charge in [0.05, 0.1) is 31.8 Å². The van der Waals surface area contributed by atoms with E-state index >= 15 is 0 Å². The highest BCUT2D eigenvalue weighted by Gasteiger charge is 2.14. The first-order valence-corrected chi connectivity index (χ1v) is 11.3. The van der Waals surface area contributed by atoms with Crippen LogP contribution in [0.25, 0.3) is 30.3 Å². The zero-order chi connectivity index (χ0) is 20.0. The first-order valence-electron chi connectivity index (χ1n) is 8.81. The maximum atomic E-state index is 12.8. The Bertz CT molecular complexity index is 1410. The molecule has 3 aromatic heterocycles. The van der Waals surface area contributed by atoms with E-state index in [1.807, 2.05) is 60.1 Å². The Morgan fingerprint density at radius 2 is 1.83 bits per heavy atom. The highest BCUT2D eigenvalue weighted by molar-refractivity contribution is 7.26. The molecule has 5 aromatic rings. The van der Waals surface area contributed by atoms with Crippen LogP contribution in [0.5, 0.6) is 5.75 Å². The summed E-state index contributed by atoms with van der Waals surface area (Å²) in [7, 11) is 3.54. The SMILES string of the molecule is COc1cccc2sc(=NC(=O)c3ccc(-c4nc5ccccc5s4)s3)n(C)c12. The van der Waals surface area contributed by atoms with Crippen LogP contribution in [0.2, 0.25) is 0 Å². The van der Waals surface area contributed by atoms with Crippen LogP contribution in [0.1, 0.15) is 9.67 Å². The lowest BCUT2D eigenvalue weighted by molar-refractivity contribution is 0.100. The van der Waals surface area contributed by atoms with Crippen molar-refractivity contribution < 1.29 is 9.53 Å². The van der Waals surface area contributed by atoms with E-state index in [1.165, 1.54) is 22.7 Å². The number of carbonyl (C=O) groups is 1. The van der Waals surface area contributed by atoms with Gasteiger partial charge in [0.25, 0.3) is 5.91 Å². The lowest BCUT2D eigenvalue weighted by Gasteiger charge is -2.02. The van der Waals surface area contributed by atoms with Crippen molar-refractivity contribution in [2.24, 2.45) is 12.0 Å². The summed E-state index contributed by atoms with van der Waals surface area (Å²) in [6.45, 7) is 0. The van der Waals surface area contributed by atoms with Crippen molar-refractivity contribution in [2.75, 3.05) is 7.11 Å². The number of thiazole rings is 2. The van der Waals surface area contributed by atoms with E-state index in [2.05, 4.69) is 16.0 Å². The average molecular weight is 438 g/mol. The highest BCUT2D eigenvalue weighted by atomic mass is 32.1. The third-order valence-electron chi connectivity index (χ3n) is 4.52. The first kappa shape index (κ1) is 18.2. The Hall–Kier alpha value is -2.81. The van der Waals surface area contributed by atoms with Gasteiger partial charge >= 0.3 is 0 Å². The molecule has 0 aliphatic rings. The Labute approximate surface area is 178 Å². The van der Waals surface area contributed by atoms with Gasteiger partial charge in [-0.3, -0.25) is 4.79 Å². The maximum Gasteiger partial charge on any atom is 0.289 e. The molecule has 5 rings (SSSR count). The second kappa shape index (κ2) is 7.22. The molecule has 144 valence electrons. The van der Waals surface area contributed by atoms with Crippen molar-refractivity contribution in [1.29, 1.82) is 0 Å². The van der Waals surface area contributed by atoms with Gasteiger partial charge in [0, 0.05) is 7.05 Å². The number of fused-ring (bicyclic) bond motifs is 2. The molecule has 0 aliphatic carbocycles. The van der Waals surface area contributed by atoms with Crippen LogP contribution in [0, 0.1) is 0 Å². The van der Waals surface area contributed by atoms with Crippen molar-refractivity contribution in [3.63, 3.8) is 0 Å². The van der Waals surface area contributed by atoms with E-state index in [0.29, 0.717) is 9.68 Å². The van der Waals surface area contributed by atoms with E-state index in [-0.39, 0.29) is 5.91 Å². The Kier molecular flexibility index (Phi) is 4.54. The minimum atomic E-state index is -0.247. The molecule has 3 heterocycles. The molecular weight excluding hydrogens is 422 g/mol. The molecule has 0 atom stereocenters. The molecule has 0 saturated carbocycles. The number of benzene rings is 2. The van der Waals surface area contributed by atoms with Crippen LogP contribution < -0.4 is 9.54 Å². The summed E-state index contributed by atoms with van der Waals surface area (Å²) in [6, 6.07) is 17.7. The number of aromatic nitrogens is 2. The second-order valence-corrected chi connectivity index (χ2v) is 9.44. The molecule has 8 heteroatoms. The van der Waals surface area contributed by atoms with E-state index in [1.54, 1.807) is 18.4 Å². The largest absolute Gasteiger partial charge is 0.495 e. The van der Waals surface area contributed by atoms with Crippen molar-refractivity contribution in [3.05, 3.63) is 64.3 Å². The zero-order valence-corrected chi connectivity index (χ0v) is 18.0. The summed E-state index contributed by atoms with van der Waals surface area (Å²) < 4.78 is 9.51. The van der Waals surface area contributed by atoms with Crippen molar-refractivity contribution in [2.45, 2.75) is 0 Å². The van der Waals surface area contributed by atoms with Crippen LogP contribution in [0.15, 0.2) is 59.6 Å². The summed E-state index contributed by atoms with van der Waals surface area (Å²) in [5.41, 5.74) is 1.91. The summed E-state index contributed by atoms with van der Waals surface area (Å²) in [5.74, 6) is 0.521. The van der Waals surface area contributed by atoms with E-state index < -0.39 is 0 Å². The standard InChI is InChI=1S/C21H15N3O2S3/c1-24-18-13(26-2)7-5-9-15(18)29-21(24)23-19(25)16-10-11-17(27-16)20-22-12-6-3-4-8-14(12)28-20/h3-11H,1-2H3. The van der Waals surface area contributed by atoms with E-state index in [9.17, 15) is 4.79 Å². The molecule has 0 unspecified atom stereocenters. The summed E-state index contributed by atoms with van der Waals surface area (Å²) in [6.07, 6.45) is 0. The molecular formula is C21H15N3O2S3. The number of para-hydroxylation sites is 2. The van der Waals surface area contributed by atoms with Crippen LogP contribution in [0.4, 0.5) is 0 Å². The lowest BCUT2D eigenvalue weighted by Crippen LogP contribution is -2.13. The van der Waals surface area contributed by atoms with Gasteiger partial charge in [-0.25, -0.2) is 4.98 Å². The van der Waals surface area contributed by atoms with Gasteiger partial charge in [0.15, 0.2) is 4.80 Å². The van der Waals surface area contributed by atoms with E-state index in [4.69, 9.17) is 4.74 Å². The minimum Gasteiger partial charge on any atom is -0.495 e. The number of aryl methyl sites for hydroxylation is 1. The quantitative estimate of drug-likeness (QED) is 0.383. The fourth-order valence-corrected chi connectivity index (χ4v) is 6.07. The number of thiophene rings is 1. The highest BCUT2D eigenvalue weighted by Crippen LogP contribution is 2.34. The number of carbonyl (C=O) groups excluding carboxylic acids is 1. The third kappa shape index (κ3) is 3.19. The van der Waals surface area contributed by atoms with Gasteiger partial charge < -0.3 is 9.30 Å². The van der Waals surface area contributed by atoms with Gasteiger partial charge in [-0.1, -0.05) is 29.5 Å². The Morgan fingerprint density at radius 1 is 1.00 bits per heavy atom. The summed E-state index contributed by atoms with van der Waals surface area (Å²) >= 11 is 4.53. The number of nitrogens with zero attached hydrogens (tertiary/aromatic N) is 3. The van der Waals surface area contributed by atoms with Gasteiger partial charge in [-0.05, 0) is 36.4 Å². The molecule has 2 aromatic carbocycles. The van der Waals surface area contributed by atoms with Gasteiger partial charge in [0.2, 0.25) is 0 Å². The van der Waals surface area contributed by atoms with Gasteiger partial charge in [0.1, 0.15) is 16.3 Å². The van der Waals surface area contributed by atoms with Crippen molar-refractivity contribution in [3.8, 4) is 15.6 Å². The molecule has 0 saturated heterocycles. The lowest BCUT2D eigenvalue weighted by atomic mass is 10.3. The number of hydrogen-bond acceptors (Lipinski definition) is 6. The van der Waals surface area contributed by atoms with Crippen molar-refractivity contribution >= 4 is 60.4 Å². The molecule has 0 spiro atoms. The Morgan fingerprint density at radius 3 is 2.66 bits per heavy atom. The monoisotopic (exact) mass is 437 g/mol. The van der Waals surface area contributed by atoms with Crippen LogP contribution in [0.3, 0.4) is 0 Å². The van der Waals surface area contributed by atoms with Crippen LogP contribution >= 0.6 is 34.0 Å². The predicted octanol–water partition coefficient (Wildman–Crippen LogP) is 5.33. The molecule has 1 amide bonds. The molecule has 0 aliphatic heterocycles. The van der Waals surface area contributed by atoms with Crippen molar-refractivity contribution in [1.82, 2.24) is 9.55 Å². The van der Waals surface area contributed by atoms with Crippen LogP contribution in [-0.4, -0.2) is 22.6 Å². The summed E-state index contributed by atoms with van der Waals surface area (Å²) in [5, 5.41) is 0.924. The predicted molar refractivity (Wildman–Crippen MR) is 120 cm³/mol. The van der Waals surface area contributed by atoms with Crippen LogP contribution in [-0.2, 0) is 7.05 Å². The number of methoxy groups -OCH3 is 1. The molecule has 0 radical (unpaired) electrons. The van der Waals surface area contributed by atoms with E-state index in [0.717, 1.165) is 36.1 Å². The smallest absolute Gasteiger partial charge is 0.289 e. The number of amides is 1.